The third-order valence-corrected chi connectivity index (χ3v) is 4.64. The average Bonchev–Trinajstić information content (AvgIpc) is 2.78. The first-order valence-corrected chi connectivity index (χ1v) is 8.34. The lowest BCUT2D eigenvalue weighted by Crippen LogP contribution is -2.31. The number of amides is 1. The molecule has 6 nitrogen and oxygen atoms in total. The summed E-state index contributed by atoms with van der Waals surface area (Å²) in [6.07, 6.45) is 0. The highest BCUT2D eigenvalue weighted by Gasteiger charge is 2.14. The molecule has 0 radical (unpaired) electrons. The number of aliphatic imine (C=N–C) groups is 1. The summed E-state index contributed by atoms with van der Waals surface area (Å²) in [4.78, 5) is 18.5. The molecule has 0 spiro atoms. The Labute approximate surface area is 134 Å². The van der Waals surface area contributed by atoms with E-state index in [9.17, 15) is 4.79 Å². The summed E-state index contributed by atoms with van der Waals surface area (Å²) >= 11 is 6.01. The Morgan fingerprint density at radius 3 is 2.75 bits per heavy atom. The molecule has 0 saturated carbocycles. The van der Waals surface area contributed by atoms with Gasteiger partial charge in [-0.1, -0.05) is 11.8 Å². The van der Waals surface area contributed by atoms with Crippen molar-refractivity contribution >= 4 is 56.1 Å². The molecule has 1 rings (SSSR count). The van der Waals surface area contributed by atoms with Crippen LogP contribution in [0.5, 0.6) is 0 Å². The lowest BCUT2D eigenvalue weighted by Gasteiger charge is -2.19. The molecule has 1 aromatic heterocycles. The van der Waals surface area contributed by atoms with Gasteiger partial charge in [0.25, 0.3) is 0 Å². The molecule has 20 heavy (non-hydrogen) atoms. The highest BCUT2D eigenvalue weighted by Crippen LogP contribution is 2.23. The minimum atomic E-state index is -0.175. The van der Waals surface area contributed by atoms with Gasteiger partial charge in [-0.25, -0.2) is 0 Å². The molecular weight excluding hydrogens is 362 g/mol. The van der Waals surface area contributed by atoms with E-state index in [0.717, 1.165) is 20.4 Å². The molecule has 9 heteroatoms. The van der Waals surface area contributed by atoms with Crippen LogP contribution in [0.3, 0.4) is 0 Å². The summed E-state index contributed by atoms with van der Waals surface area (Å²) in [6.45, 7) is 3.11. The third-order valence-electron chi connectivity index (χ3n) is 2.27. The van der Waals surface area contributed by atoms with E-state index in [1.807, 2.05) is 19.1 Å². The lowest BCUT2D eigenvalue weighted by molar-refractivity contribution is -0.128. The van der Waals surface area contributed by atoms with E-state index in [1.54, 1.807) is 16.2 Å². The van der Waals surface area contributed by atoms with Crippen LogP contribution in [0.1, 0.15) is 11.8 Å². The summed E-state index contributed by atoms with van der Waals surface area (Å²) in [5.74, 6) is -0.0704. The minimum Gasteiger partial charge on any atom is -0.370 e. The summed E-state index contributed by atoms with van der Waals surface area (Å²) in [5.41, 5.74) is 10.3. The monoisotopic (exact) mass is 377 g/mol. The highest BCUT2D eigenvalue weighted by atomic mass is 79.9. The van der Waals surface area contributed by atoms with Gasteiger partial charge in [0.1, 0.15) is 0 Å². The second-order valence-corrected chi connectivity index (χ2v) is 7.26. The van der Waals surface area contributed by atoms with Crippen molar-refractivity contribution in [2.45, 2.75) is 13.5 Å². The van der Waals surface area contributed by atoms with E-state index in [4.69, 9.17) is 16.9 Å². The van der Waals surface area contributed by atoms with Crippen LogP contribution in [0.15, 0.2) is 20.9 Å². The maximum atomic E-state index is 12.1. The molecule has 0 atom stereocenters. The van der Waals surface area contributed by atoms with E-state index >= 15 is 0 Å². The van der Waals surface area contributed by atoms with Crippen LogP contribution in [0.2, 0.25) is 0 Å². The largest absolute Gasteiger partial charge is 0.370 e. The second-order valence-electron chi connectivity index (χ2n) is 3.74. The number of carbonyl (C=O) groups is 1. The molecule has 0 aliphatic carbocycles. The van der Waals surface area contributed by atoms with Crippen molar-refractivity contribution in [2.75, 3.05) is 12.3 Å². The van der Waals surface area contributed by atoms with Crippen molar-refractivity contribution in [2.24, 2.45) is 16.5 Å². The summed E-state index contributed by atoms with van der Waals surface area (Å²) in [6, 6.07) is 3.95. The minimum absolute atomic E-state index is 0.0439. The molecule has 0 aliphatic heterocycles. The zero-order valence-corrected chi connectivity index (χ0v) is 14.1. The maximum absolute atomic E-state index is 12.1. The molecule has 0 saturated heterocycles. The fourth-order valence-corrected chi connectivity index (χ4v) is 3.48. The van der Waals surface area contributed by atoms with Crippen LogP contribution in [0, 0.1) is 5.41 Å². The number of amidine groups is 1. The van der Waals surface area contributed by atoms with Gasteiger partial charge in [-0.15, -0.1) is 11.3 Å². The smallest absolute Gasteiger partial charge is 0.233 e. The number of nitrogens with zero attached hydrogens (tertiary/aromatic N) is 2. The lowest BCUT2D eigenvalue weighted by atomic mass is 10.4. The van der Waals surface area contributed by atoms with Gasteiger partial charge in [-0.05, 0) is 35.0 Å². The van der Waals surface area contributed by atoms with Crippen molar-refractivity contribution in [3.63, 3.8) is 0 Å². The first-order valence-electron chi connectivity index (χ1n) is 5.75. The Hall–Kier alpha value is -1.06. The fraction of sp³-hybridized carbons (Fsp3) is 0.364. The van der Waals surface area contributed by atoms with Crippen LogP contribution in [-0.4, -0.2) is 34.2 Å². The number of thiophene rings is 1. The Balaban J connectivity index is 2.51. The van der Waals surface area contributed by atoms with E-state index in [-0.39, 0.29) is 22.8 Å². The highest BCUT2D eigenvalue weighted by molar-refractivity contribution is 9.11. The first kappa shape index (κ1) is 17.0. The van der Waals surface area contributed by atoms with Crippen molar-refractivity contribution in [3.05, 3.63) is 20.8 Å². The standard InChI is InChI=1S/C11H16BrN5OS2/c1-2-17(5-7-3-4-8(12)20-7)9(18)6-19-11(15)16-10(13)14/h3-4H,2,5-6H2,1H3,(H5,13,14,15,16). The number of thioether (sulfide) groups is 1. The summed E-state index contributed by atoms with van der Waals surface area (Å²) in [7, 11) is 0. The Morgan fingerprint density at radius 1 is 1.55 bits per heavy atom. The molecule has 0 aliphatic rings. The third kappa shape index (κ3) is 5.93. The number of guanidine groups is 1. The molecule has 110 valence electrons. The van der Waals surface area contributed by atoms with Crippen LogP contribution in [0.4, 0.5) is 0 Å². The predicted molar refractivity (Wildman–Crippen MR) is 89.1 cm³/mol. The average molecular weight is 378 g/mol. The van der Waals surface area contributed by atoms with Gasteiger partial charge in [-0.3, -0.25) is 10.2 Å². The fourth-order valence-electron chi connectivity index (χ4n) is 1.37. The summed E-state index contributed by atoms with van der Waals surface area (Å²) < 4.78 is 1.04. The molecule has 0 unspecified atom stereocenters. The van der Waals surface area contributed by atoms with Gasteiger partial charge in [0, 0.05) is 11.4 Å². The molecule has 1 heterocycles. The van der Waals surface area contributed by atoms with E-state index in [2.05, 4.69) is 20.9 Å². The summed E-state index contributed by atoms with van der Waals surface area (Å²) in [5, 5.41) is 7.41. The maximum Gasteiger partial charge on any atom is 0.233 e. The number of carbonyl (C=O) groups excluding carboxylic acids is 1. The Morgan fingerprint density at radius 2 is 2.25 bits per heavy atom. The van der Waals surface area contributed by atoms with Crippen LogP contribution < -0.4 is 11.5 Å². The van der Waals surface area contributed by atoms with Gasteiger partial charge in [0.2, 0.25) is 5.91 Å². The van der Waals surface area contributed by atoms with Crippen LogP contribution >= 0.6 is 39.0 Å². The first-order chi connectivity index (χ1) is 9.42. The van der Waals surface area contributed by atoms with Gasteiger partial charge in [0.15, 0.2) is 11.1 Å². The van der Waals surface area contributed by atoms with Crippen molar-refractivity contribution in [1.82, 2.24) is 4.90 Å². The molecule has 0 aromatic carbocycles. The predicted octanol–water partition coefficient (Wildman–Crippen LogP) is 1.80. The van der Waals surface area contributed by atoms with E-state index in [0.29, 0.717) is 13.1 Å². The van der Waals surface area contributed by atoms with Crippen LogP contribution in [-0.2, 0) is 11.3 Å². The number of nitrogens with two attached hydrogens (primary N) is 2. The quantitative estimate of drug-likeness (QED) is 0.536. The molecule has 1 aromatic rings. The van der Waals surface area contributed by atoms with Crippen molar-refractivity contribution < 1.29 is 4.79 Å². The van der Waals surface area contributed by atoms with Crippen molar-refractivity contribution in [1.29, 1.82) is 5.41 Å². The molecule has 5 N–H and O–H groups in total. The zero-order valence-electron chi connectivity index (χ0n) is 10.9. The van der Waals surface area contributed by atoms with Gasteiger partial charge in [0.05, 0.1) is 16.1 Å². The Kier molecular flexibility index (Phi) is 7.03. The molecule has 0 fully saturated rings. The molecular formula is C11H16BrN5OS2. The number of halogens is 1. The second kappa shape index (κ2) is 8.28. The number of hydrogen-bond acceptors (Lipinski definition) is 4. The normalized spacial score (nSPS) is 10.1. The van der Waals surface area contributed by atoms with Crippen molar-refractivity contribution in [3.8, 4) is 0 Å². The zero-order chi connectivity index (χ0) is 15.1. The van der Waals surface area contributed by atoms with Gasteiger partial charge < -0.3 is 16.4 Å². The molecule has 1 amide bonds. The SMILES string of the molecule is CCN(Cc1ccc(Br)s1)C(=O)CSC(=N)N=C(N)N. The molecule has 0 bridgehead atoms. The topological polar surface area (TPSA) is 109 Å². The van der Waals surface area contributed by atoms with Crippen LogP contribution in [0.25, 0.3) is 0 Å². The van der Waals surface area contributed by atoms with E-state index < -0.39 is 0 Å². The van der Waals surface area contributed by atoms with E-state index in [1.165, 1.54) is 0 Å². The number of hydrogen-bond donors (Lipinski definition) is 3. The van der Waals surface area contributed by atoms with Gasteiger partial charge >= 0.3 is 0 Å². The number of nitrogens with one attached hydrogen (secondary N) is 1. The number of rotatable bonds is 5. The Bertz CT molecular complexity index is 513. The van der Waals surface area contributed by atoms with Gasteiger partial charge in [-0.2, -0.15) is 4.99 Å².